The zero-order valence-corrected chi connectivity index (χ0v) is 26.5. The van der Waals surface area contributed by atoms with Gasteiger partial charge in [-0.2, -0.15) is 0 Å². The zero-order valence-electron chi connectivity index (χ0n) is 26.5. The Morgan fingerprint density at radius 1 is 0.426 bits per heavy atom. The van der Waals surface area contributed by atoms with Crippen molar-refractivity contribution in [2.75, 3.05) is 9.80 Å². The van der Waals surface area contributed by atoms with Crippen LogP contribution >= 0.6 is 0 Å². The number of fused-ring (bicyclic) bond motifs is 2. The third-order valence-electron chi connectivity index (χ3n) is 9.29. The second kappa shape index (κ2) is 12.5. The molecule has 0 heterocycles. The first-order chi connectivity index (χ1) is 23.2. The second-order valence-electron chi connectivity index (χ2n) is 12.3. The summed E-state index contributed by atoms with van der Waals surface area (Å²) in [6.07, 6.45) is 5.60. The summed E-state index contributed by atoms with van der Waals surface area (Å²) in [5, 5.41) is 4.98. The van der Waals surface area contributed by atoms with Crippen molar-refractivity contribution in [3.63, 3.8) is 0 Å². The van der Waals surface area contributed by atoms with Crippen LogP contribution in [0.25, 0.3) is 27.1 Å². The van der Waals surface area contributed by atoms with Gasteiger partial charge in [0.25, 0.3) is 0 Å². The van der Waals surface area contributed by atoms with Gasteiger partial charge in [-0.3, -0.25) is 0 Å². The maximum absolute atomic E-state index is 2.44. The van der Waals surface area contributed by atoms with Crippen molar-refractivity contribution in [3.05, 3.63) is 193 Å². The maximum Gasteiger partial charge on any atom is 0.0540 e. The number of para-hydroxylation sites is 2. The van der Waals surface area contributed by atoms with Crippen LogP contribution < -0.4 is 9.80 Å². The summed E-state index contributed by atoms with van der Waals surface area (Å²) in [4.78, 5) is 4.81. The fourth-order valence-electron chi connectivity index (χ4n) is 7.04. The number of rotatable bonds is 7. The third kappa shape index (κ3) is 5.49. The Bertz CT molecular complexity index is 2220. The summed E-state index contributed by atoms with van der Waals surface area (Å²) < 4.78 is 0. The average molecular weight is 605 g/mol. The minimum absolute atomic E-state index is 0.352. The number of nitrogens with zero attached hydrogens (tertiary/aromatic N) is 2. The van der Waals surface area contributed by atoms with E-state index in [9.17, 15) is 0 Å². The van der Waals surface area contributed by atoms with Gasteiger partial charge in [0.2, 0.25) is 0 Å². The smallest absolute Gasteiger partial charge is 0.0540 e. The summed E-state index contributed by atoms with van der Waals surface area (Å²) in [6.45, 7) is 2.35. The van der Waals surface area contributed by atoms with Gasteiger partial charge in [0.1, 0.15) is 0 Å². The maximum atomic E-state index is 2.44. The highest BCUT2D eigenvalue weighted by Gasteiger charge is 2.24. The van der Waals surface area contributed by atoms with Crippen molar-refractivity contribution in [2.45, 2.75) is 13.3 Å². The first-order valence-electron chi connectivity index (χ1n) is 16.4. The lowest BCUT2D eigenvalue weighted by molar-refractivity contribution is 0.716. The lowest BCUT2D eigenvalue weighted by Gasteiger charge is -2.33. The quantitative estimate of drug-likeness (QED) is 0.179. The zero-order chi connectivity index (χ0) is 31.6. The Morgan fingerprint density at radius 3 is 1.47 bits per heavy atom. The Hall–Kier alpha value is -5.86. The van der Waals surface area contributed by atoms with Gasteiger partial charge in [-0.25, -0.2) is 0 Å². The molecule has 1 aliphatic carbocycles. The van der Waals surface area contributed by atoms with Crippen molar-refractivity contribution in [3.8, 4) is 0 Å². The lowest BCUT2D eigenvalue weighted by atomic mass is 9.86. The molecule has 0 amide bonds. The second-order valence-corrected chi connectivity index (χ2v) is 12.3. The molecular weight excluding hydrogens is 569 g/mol. The van der Waals surface area contributed by atoms with E-state index in [2.05, 4.69) is 199 Å². The molecule has 0 fully saturated rings. The van der Waals surface area contributed by atoms with Crippen LogP contribution in [0.1, 0.15) is 18.9 Å². The molecule has 0 aliphatic heterocycles. The van der Waals surface area contributed by atoms with E-state index < -0.39 is 0 Å². The van der Waals surface area contributed by atoms with Gasteiger partial charge in [-0.05, 0) is 88.9 Å². The van der Waals surface area contributed by atoms with E-state index in [1.807, 2.05) is 0 Å². The number of hydrogen-bond donors (Lipinski definition) is 0. The molecule has 1 aliphatic rings. The number of hydrogen-bond acceptors (Lipinski definition) is 2. The van der Waals surface area contributed by atoms with Gasteiger partial charge < -0.3 is 9.80 Å². The van der Waals surface area contributed by atoms with Crippen LogP contribution in [0.5, 0.6) is 0 Å². The molecule has 0 bridgehead atoms. The first-order valence-corrected chi connectivity index (χ1v) is 16.4. The molecular formula is C45H36N2. The topological polar surface area (TPSA) is 6.48 Å². The molecule has 0 saturated heterocycles. The number of anilines is 5. The van der Waals surface area contributed by atoms with E-state index in [-0.39, 0.29) is 0 Å². The standard InChI is InChI=1S/C45H36N2/c1-33-32-40(47(38-20-6-3-7-21-38)45-25-13-17-35-15-9-11-23-43(35)45)30-31-41(33)36-26-28-39(29-27-36)46(37-18-4-2-5-19-37)44-24-12-16-34-14-8-10-22-42(34)44/h2-31,33H,32H2,1H3. The van der Waals surface area contributed by atoms with E-state index in [0.717, 1.165) is 17.8 Å². The van der Waals surface area contributed by atoms with Crippen LogP contribution in [0.2, 0.25) is 0 Å². The molecule has 226 valence electrons. The molecule has 7 aromatic rings. The highest BCUT2D eigenvalue weighted by molar-refractivity contribution is 5.99. The van der Waals surface area contributed by atoms with Crippen LogP contribution in [-0.4, -0.2) is 0 Å². The van der Waals surface area contributed by atoms with E-state index in [4.69, 9.17) is 0 Å². The number of allylic oxidation sites excluding steroid dienone is 4. The molecule has 7 aromatic carbocycles. The summed E-state index contributed by atoms with van der Waals surface area (Å²) in [5.74, 6) is 0.352. The van der Waals surface area contributed by atoms with Crippen molar-refractivity contribution in [1.29, 1.82) is 0 Å². The predicted molar refractivity (Wildman–Crippen MR) is 201 cm³/mol. The highest BCUT2D eigenvalue weighted by atomic mass is 15.2. The first kappa shape index (κ1) is 28.6. The summed E-state index contributed by atoms with van der Waals surface area (Å²) >= 11 is 0. The van der Waals surface area contributed by atoms with Crippen molar-refractivity contribution in [2.24, 2.45) is 5.92 Å². The Morgan fingerprint density at radius 2 is 0.894 bits per heavy atom. The van der Waals surface area contributed by atoms with Crippen LogP contribution in [0.15, 0.2) is 188 Å². The third-order valence-corrected chi connectivity index (χ3v) is 9.29. The van der Waals surface area contributed by atoms with Gasteiger partial charge in [0, 0.05) is 33.5 Å². The monoisotopic (exact) mass is 604 g/mol. The van der Waals surface area contributed by atoms with Crippen LogP contribution in [0.4, 0.5) is 28.4 Å². The summed E-state index contributed by atoms with van der Waals surface area (Å²) in [5.41, 5.74) is 9.77. The van der Waals surface area contributed by atoms with E-state index in [0.29, 0.717) is 5.92 Å². The lowest BCUT2D eigenvalue weighted by Crippen LogP contribution is -2.20. The molecule has 0 radical (unpaired) electrons. The summed E-state index contributed by atoms with van der Waals surface area (Å²) in [6, 6.07) is 61.0. The minimum Gasteiger partial charge on any atom is -0.314 e. The van der Waals surface area contributed by atoms with Crippen LogP contribution in [0.3, 0.4) is 0 Å². The van der Waals surface area contributed by atoms with E-state index in [1.54, 1.807) is 0 Å². The molecule has 0 N–H and O–H groups in total. The van der Waals surface area contributed by atoms with Gasteiger partial charge in [-0.1, -0.05) is 134 Å². The summed E-state index contributed by atoms with van der Waals surface area (Å²) in [7, 11) is 0. The van der Waals surface area contributed by atoms with E-state index >= 15 is 0 Å². The van der Waals surface area contributed by atoms with Crippen molar-refractivity contribution >= 4 is 55.6 Å². The largest absolute Gasteiger partial charge is 0.314 e. The van der Waals surface area contributed by atoms with E-state index in [1.165, 1.54) is 55.4 Å². The Labute approximate surface area is 277 Å². The molecule has 0 spiro atoms. The minimum atomic E-state index is 0.352. The van der Waals surface area contributed by atoms with Gasteiger partial charge in [0.05, 0.1) is 11.4 Å². The molecule has 0 aromatic heterocycles. The normalized spacial score (nSPS) is 14.4. The van der Waals surface area contributed by atoms with Crippen molar-refractivity contribution in [1.82, 2.24) is 0 Å². The van der Waals surface area contributed by atoms with Gasteiger partial charge >= 0.3 is 0 Å². The molecule has 2 heteroatoms. The molecule has 8 rings (SSSR count). The molecule has 0 saturated carbocycles. The fourth-order valence-corrected chi connectivity index (χ4v) is 7.04. The Balaban J connectivity index is 1.17. The highest BCUT2D eigenvalue weighted by Crippen LogP contribution is 2.43. The van der Waals surface area contributed by atoms with Crippen LogP contribution in [0, 0.1) is 5.92 Å². The Kier molecular flexibility index (Phi) is 7.61. The van der Waals surface area contributed by atoms with Gasteiger partial charge in [0.15, 0.2) is 0 Å². The number of benzene rings is 7. The van der Waals surface area contributed by atoms with Crippen LogP contribution in [-0.2, 0) is 0 Å². The molecule has 47 heavy (non-hydrogen) atoms. The SMILES string of the molecule is CC1CC(N(c2ccccc2)c2cccc3ccccc23)=CC=C1c1ccc(N(c2ccccc2)c2cccc3ccccc23)cc1. The molecule has 1 atom stereocenters. The van der Waals surface area contributed by atoms with Gasteiger partial charge in [-0.15, -0.1) is 0 Å². The average Bonchev–Trinajstić information content (AvgIpc) is 3.13. The molecule has 1 unspecified atom stereocenters. The molecule has 2 nitrogen and oxygen atoms in total. The fraction of sp³-hybridized carbons (Fsp3) is 0.0667. The predicted octanol–water partition coefficient (Wildman–Crippen LogP) is 12.6. The van der Waals surface area contributed by atoms with Crippen molar-refractivity contribution < 1.29 is 0 Å².